The molecule has 3 aromatic rings. The molecule has 0 unspecified atom stereocenters. The van der Waals surface area contributed by atoms with Gasteiger partial charge in [0.05, 0.1) is 17.9 Å². The number of benzene rings is 3. The van der Waals surface area contributed by atoms with Crippen molar-refractivity contribution >= 4 is 23.8 Å². The first-order valence-electron chi connectivity index (χ1n) is 11.7. The van der Waals surface area contributed by atoms with E-state index in [1.54, 1.807) is 19.1 Å². The molecule has 0 fully saturated rings. The van der Waals surface area contributed by atoms with Gasteiger partial charge >= 0.3 is 18.2 Å². The van der Waals surface area contributed by atoms with Gasteiger partial charge in [0, 0.05) is 5.92 Å². The van der Waals surface area contributed by atoms with Crippen LogP contribution in [0.3, 0.4) is 0 Å². The van der Waals surface area contributed by atoms with Crippen LogP contribution in [0.25, 0.3) is 0 Å². The van der Waals surface area contributed by atoms with Gasteiger partial charge in [-0.25, -0.2) is 19.8 Å². The summed E-state index contributed by atoms with van der Waals surface area (Å²) in [5.41, 5.74) is 6.24. The van der Waals surface area contributed by atoms with E-state index in [1.165, 1.54) is 0 Å². The Kier molecular flexibility index (Phi) is 9.68. The van der Waals surface area contributed by atoms with Gasteiger partial charge in [0.15, 0.2) is 0 Å². The van der Waals surface area contributed by atoms with Gasteiger partial charge in [0.2, 0.25) is 0 Å². The Balaban J connectivity index is 1.90. The number of nitrogens with one attached hydrogen (secondary N) is 1. The van der Waals surface area contributed by atoms with Crippen LogP contribution in [0, 0.1) is 25.7 Å². The number of hydrogen-bond acceptors (Lipinski definition) is 6. The smallest absolute Gasteiger partial charge is 0.433 e. The molecule has 8 heteroatoms. The minimum atomic E-state index is -0.872. The fourth-order valence-corrected chi connectivity index (χ4v) is 3.21. The molecule has 0 spiro atoms. The molecule has 0 saturated carbocycles. The van der Waals surface area contributed by atoms with Crippen molar-refractivity contribution < 1.29 is 28.6 Å². The predicted molar refractivity (Wildman–Crippen MR) is 138 cm³/mol. The zero-order valence-corrected chi connectivity index (χ0v) is 20.9. The number of hydrazine groups is 1. The van der Waals surface area contributed by atoms with E-state index in [2.05, 4.69) is 17.3 Å². The van der Waals surface area contributed by atoms with Crippen molar-refractivity contribution in [1.29, 1.82) is 0 Å². The highest BCUT2D eigenvalue weighted by atomic mass is 16.6. The van der Waals surface area contributed by atoms with E-state index in [1.807, 2.05) is 74.5 Å². The summed E-state index contributed by atoms with van der Waals surface area (Å²) < 4.78 is 15.7. The SMILES string of the molecule is CCOC(=O)C#Cc1cc(C)c(C)cc1N(NC(=O)OCc1ccccc1)C(=O)OCc1ccccc1. The van der Waals surface area contributed by atoms with Crippen LogP contribution in [-0.4, -0.2) is 24.8 Å². The van der Waals surface area contributed by atoms with E-state index in [0.29, 0.717) is 5.56 Å². The summed E-state index contributed by atoms with van der Waals surface area (Å²) in [5.74, 6) is 4.44. The molecule has 0 aliphatic rings. The number of hydrogen-bond donors (Lipinski definition) is 1. The van der Waals surface area contributed by atoms with Crippen LogP contribution < -0.4 is 10.4 Å². The van der Waals surface area contributed by atoms with Gasteiger partial charge in [-0.05, 0) is 55.2 Å². The molecule has 37 heavy (non-hydrogen) atoms. The number of anilines is 1. The molecular formula is C29H28N2O6. The largest absolute Gasteiger partial charge is 0.456 e. The Morgan fingerprint density at radius 1 is 0.811 bits per heavy atom. The number of esters is 1. The van der Waals surface area contributed by atoms with Gasteiger partial charge in [-0.3, -0.25) is 0 Å². The topological polar surface area (TPSA) is 94.2 Å². The van der Waals surface area contributed by atoms with Crippen LogP contribution in [-0.2, 0) is 32.2 Å². The van der Waals surface area contributed by atoms with Crippen LogP contribution in [0.15, 0.2) is 72.8 Å². The molecule has 3 aromatic carbocycles. The molecule has 1 N–H and O–H groups in total. The highest BCUT2D eigenvalue weighted by Crippen LogP contribution is 2.24. The summed E-state index contributed by atoms with van der Waals surface area (Å²) in [7, 11) is 0. The Morgan fingerprint density at radius 2 is 1.38 bits per heavy atom. The first-order valence-corrected chi connectivity index (χ1v) is 11.7. The second-order valence-corrected chi connectivity index (χ2v) is 7.97. The summed E-state index contributed by atoms with van der Waals surface area (Å²) in [6, 6.07) is 21.6. The van der Waals surface area contributed by atoms with Gasteiger partial charge in [0.25, 0.3) is 0 Å². The van der Waals surface area contributed by atoms with Crippen molar-refractivity contribution in [2.24, 2.45) is 0 Å². The summed E-state index contributed by atoms with van der Waals surface area (Å²) >= 11 is 0. The monoisotopic (exact) mass is 500 g/mol. The first-order chi connectivity index (χ1) is 17.9. The lowest BCUT2D eigenvalue weighted by molar-refractivity contribution is -0.136. The fraction of sp³-hybridized carbons (Fsp3) is 0.207. The van der Waals surface area contributed by atoms with Crippen molar-refractivity contribution in [2.45, 2.75) is 34.0 Å². The zero-order chi connectivity index (χ0) is 26.6. The third-order valence-corrected chi connectivity index (χ3v) is 5.23. The number of rotatable bonds is 6. The normalized spacial score (nSPS) is 9.92. The molecule has 0 heterocycles. The summed E-state index contributed by atoms with van der Waals surface area (Å²) in [6.07, 6.45) is -1.73. The van der Waals surface area contributed by atoms with Crippen LogP contribution in [0.1, 0.15) is 34.7 Å². The van der Waals surface area contributed by atoms with Gasteiger partial charge in [-0.15, -0.1) is 0 Å². The number of carbonyl (C=O) groups excluding carboxylic acids is 3. The predicted octanol–water partition coefficient (Wildman–Crippen LogP) is 5.20. The number of nitrogens with zero attached hydrogens (tertiary/aromatic N) is 1. The van der Waals surface area contributed by atoms with E-state index in [0.717, 1.165) is 27.3 Å². The molecule has 0 aliphatic heterocycles. The molecule has 0 saturated heterocycles. The molecule has 2 amide bonds. The lowest BCUT2D eigenvalue weighted by atomic mass is 10.0. The summed E-state index contributed by atoms with van der Waals surface area (Å²) in [4.78, 5) is 37.8. The zero-order valence-electron chi connectivity index (χ0n) is 20.9. The second-order valence-electron chi connectivity index (χ2n) is 7.97. The molecule has 0 aliphatic carbocycles. The van der Waals surface area contributed by atoms with Crippen LogP contribution in [0.5, 0.6) is 0 Å². The van der Waals surface area contributed by atoms with Crippen molar-refractivity contribution in [3.63, 3.8) is 0 Å². The van der Waals surface area contributed by atoms with E-state index in [4.69, 9.17) is 14.2 Å². The first kappa shape index (κ1) is 26.8. The minimum Gasteiger partial charge on any atom is -0.456 e. The summed E-state index contributed by atoms with van der Waals surface area (Å²) in [5, 5.41) is 0.928. The average molecular weight is 501 g/mol. The lowest BCUT2D eigenvalue weighted by Crippen LogP contribution is -2.47. The Bertz CT molecular complexity index is 1300. The van der Waals surface area contributed by atoms with Gasteiger partial charge < -0.3 is 14.2 Å². The number of ether oxygens (including phenoxy) is 3. The molecule has 190 valence electrons. The van der Waals surface area contributed by atoms with Crippen LogP contribution in [0.4, 0.5) is 15.3 Å². The molecular weight excluding hydrogens is 472 g/mol. The van der Waals surface area contributed by atoms with Gasteiger partial charge in [0.1, 0.15) is 13.2 Å². The highest BCUT2D eigenvalue weighted by molar-refractivity contribution is 5.94. The van der Waals surface area contributed by atoms with E-state index in [9.17, 15) is 14.4 Å². The Morgan fingerprint density at radius 3 is 1.97 bits per heavy atom. The van der Waals surface area contributed by atoms with Crippen molar-refractivity contribution in [2.75, 3.05) is 11.6 Å². The lowest BCUT2D eigenvalue weighted by Gasteiger charge is -2.24. The Labute approximate surface area is 216 Å². The van der Waals surface area contributed by atoms with E-state index in [-0.39, 0.29) is 25.5 Å². The fourth-order valence-electron chi connectivity index (χ4n) is 3.21. The second kappa shape index (κ2) is 13.4. The third-order valence-electron chi connectivity index (χ3n) is 5.23. The molecule has 0 bridgehead atoms. The minimum absolute atomic E-state index is 0.00201. The van der Waals surface area contributed by atoms with E-state index >= 15 is 0 Å². The molecule has 3 rings (SSSR count). The standard InChI is InChI=1S/C29H28N2O6/c1-4-35-27(32)16-15-25-17-21(2)22(3)18-26(25)31(29(34)37-20-24-13-9-6-10-14-24)30-28(33)36-19-23-11-7-5-8-12-23/h5-14,17-18H,4,19-20H2,1-3H3,(H,30,33). The number of aryl methyl sites for hydroxylation is 2. The van der Waals surface area contributed by atoms with E-state index < -0.39 is 18.2 Å². The Hall–Kier alpha value is -4.77. The number of carbonyl (C=O) groups is 3. The summed E-state index contributed by atoms with van der Waals surface area (Å²) in [6.45, 7) is 5.56. The molecule has 8 nitrogen and oxygen atoms in total. The molecule has 0 radical (unpaired) electrons. The number of amides is 2. The van der Waals surface area contributed by atoms with Crippen molar-refractivity contribution in [3.8, 4) is 11.8 Å². The van der Waals surface area contributed by atoms with Gasteiger partial charge in [-0.1, -0.05) is 66.6 Å². The maximum absolute atomic E-state index is 13.2. The molecule has 0 atom stereocenters. The molecule has 0 aromatic heterocycles. The van der Waals surface area contributed by atoms with Crippen LogP contribution >= 0.6 is 0 Å². The third kappa shape index (κ3) is 8.15. The maximum Gasteiger partial charge on any atom is 0.433 e. The average Bonchev–Trinajstić information content (AvgIpc) is 2.91. The van der Waals surface area contributed by atoms with Crippen molar-refractivity contribution in [1.82, 2.24) is 5.43 Å². The van der Waals surface area contributed by atoms with Crippen LogP contribution in [0.2, 0.25) is 0 Å². The highest BCUT2D eigenvalue weighted by Gasteiger charge is 2.24. The quantitative estimate of drug-likeness (QED) is 0.216. The van der Waals surface area contributed by atoms with Crippen molar-refractivity contribution in [3.05, 3.63) is 101 Å². The van der Waals surface area contributed by atoms with Gasteiger partial charge in [-0.2, -0.15) is 5.01 Å². The maximum atomic E-state index is 13.2.